The fraction of sp³-hybridized carbons (Fsp3) is 0.625. The lowest BCUT2D eigenvalue weighted by atomic mass is 9.73. The van der Waals surface area contributed by atoms with Crippen LogP contribution < -0.4 is 4.74 Å². The summed E-state index contributed by atoms with van der Waals surface area (Å²) in [5.74, 6) is 2.79. The van der Waals surface area contributed by atoms with E-state index in [-0.39, 0.29) is 18.6 Å². The van der Waals surface area contributed by atoms with Gasteiger partial charge in [0.05, 0.1) is 30.0 Å². The molecule has 1 aromatic heterocycles. The number of aliphatic hydroxyl groups is 2. The van der Waals surface area contributed by atoms with Crippen molar-refractivity contribution in [3.63, 3.8) is 0 Å². The summed E-state index contributed by atoms with van der Waals surface area (Å²) in [4.78, 5) is 4.60. The van der Waals surface area contributed by atoms with Crippen molar-refractivity contribution >= 4 is 11.3 Å². The van der Waals surface area contributed by atoms with Crippen LogP contribution in [-0.2, 0) is 19.4 Å². The normalized spacial score (nSPS) is 31.3. The summed E-state index contributed by atoms with van der Waals surface area (Å²) >= 11 is 1.68. The third-order valence-electron chi connectivity index (χ3n) is 7.47. The zero-order valence-electron chi connectivity index (χ0n) is 16.9. The monoisotopic (exact) mass is 413 g/mol. The van der Waals surface area contributed by atoms with E-state index in [1.54, 1.807) is 11.3 Å². The van der Waals surface area contributed by atoms with Crippen LogP contribution in [0, 0.1) is 17.8 Å². The van der Waals surface area contributed by atoms with E-state index in [1.807, 2.05) is 5.38 Å². The highest BCUT2D eigenvalue weighted by Gasteiger charge is 2.46. The SMILES string of the molecule is OCc1csc([C@H]2CC[C@H]3[C@@H](C2)C[C@H](O)[C@@H]3COc2ccc3c(c2)CCCC3)n1. The molecule has 0 amide bonds. The third kappa shape index (κ3) is 3.97. The fourth-order valence-corrected chi connectivity index (χ4v) is 6.89. The molecule has 2 aromatic rings. The van der Waals surface area contributed by atoms with E-state index in [0.29, 0.717) is 24.4 Å². The molecule has 2 saturated carbocycles. The van der Waals surface area contributed by atoms with Gasteiger partial charge < -0.3 is 14.9 Å². The van der Waals surface area contributed by atoms with Gasteiger partial charge in [0.2, 0.25) is 0 Å². The molecular weight excluding hydrogens is 382 g/mol. The molecule has 5 heteroatoms. The Balaban J connectivity index is 1.21. The van der Waals surface area contributed by atoms with Crippen LogP contribution in [0.25, 0.3) is 0 Å². The molecule has 2 N–H and O–H groups in total. The number of hydrogen-bond donors (Lipinski definition) is 2. The molecular formula is C24H31NO3S. The lowest BCUT2D eigenvalue weighted by Gasteiger charge is -2.33. The van der Waals surface area contributed by atoms with Gasteiger partial charge in [0.1, 0.15) is 5.75 Å². The average Bonchev–Trinajstić information content (AvgIpc) is 3.35. The van der Waals surface area contributed by atoms with Crippen molar-refractivity contribution in [1.29, 1.82) is 0 Å². The molecule has 0 radical (unpaired) electrons. The predicted molar refractivity (Wildman–Crippen MR) is 114 cm³/mol. The Morgan fingerprint density at radius 2 is 1.97 bits per heavy atom. The van der Waals surface area contributed by atoms with Gasteiger partial charge in [-0.15, -0.1) is 11.3 Å². The quantitative estimate of drug-likeness (QED) is 0.759. The first-order valence-electron chi connectivity index (χ1n) is 11.2. The molecule has 4 nitrogen and oxygen atoms in total. The number of fused-ring (bicyclic) bond motifs is 2. The van der Waals surface area contributed by atoms with Crippen LogP contribution in [-0.4, -0.2) is 27.9 Å². The maximum atomic E-state index is 10.8. The Morgan fingerprint density at radius 1 is 1.10 bits per heavy atom. The molecule has 0 spiro atoms. The van der Waals surface area contributed by atoms with Crippen molar-refractivity contribution in [2.24, 2.45) is 17.8 Å². The van der Waals surface area contributed by atoms with Gasteiger partial charge in [0, 0.05) is 17.2 Å². The van der Waals surface area contributed by atoms with Crippen LogP contribution in [0.1, 0.15) is 66.3 Å². The van der Waals surface area contributed by atoms with Crippen molar-refractivity contribution in [3.05, 3.63) is 45.4 Å². The van der Waals surface area contributed by atoms with Crippen LogP contribution in [0.2, 0.25) is 0 Å². The lowest BCUT2D eigenvalue weighted by Crippen LogP contribution is -2.29. The standard InChI is InChI=1S/C24H31NO3S/c26-12-19-14-29-24(25-19)17-6-8-21-18(9-17)11-23(27)22(21)13-28-20-7-5-15-3-1-2-4-16(15)10-20/h5,7,10,14,17-18,21-23,26-27H,1-4,6,8-9,11-13H2/t17-,18-,21-,22+,23-/m0/s1. The van der Waals surface area contributed by atoms with Crippen molar-refractivity contribution in [2.75, 3.05) is 6.61 Å². The lowest BCUT2D eigenvalue weighted by molar-refractivity contribution is 0.0740. The van der Waals surface area contributed by atoms with E-state index in [1.165, 1.54) is 36.8 Å². The molecule has 0 unspecified atom stereocenters. The first-order valence-corrected chi connectivity index (χ1v) is 12.1. The van der Waals surface area contributed by atoms with Crippen LogP contribution >= 0.6 is 11.3 Å². The van der Waals surface area contributed by atoms with Gasteiger partial charge in [-0.1, -0.05) is 6.07 Å². The molecule has 0 bridgehead atoms. The van der Waals surface area contributed by atoms with Crippen LogP contribution in [0.3, 0.4) is 0 Å². The van der Waals surface area contributed by atoms with Crippen LogP contribution in [0.4, 0.5) is 0 Å². The molecule has 5 atom stereocenters. The highest BCUT2D eigenvalue weighted by molar-refractivity contribution is 7.09. The molecule has 2 fully saturated rings. The predicted octanol–water partition coefficient (Wildman–Crippen LogP) is 4.47. The van der Waals surface area contributed by atoms with Gasteiger partial charge in [-0.05, 0) is 86.5 Å². The molecule has 156 valence electrons. The zero-order chi connectivity index (χ0) is 19.8. The van der Waals surface area contributed by atoms with Crippen molar-refractivity contribution < 1.29 is 14.9 Å². The summed E-state index contributed by atoms with van der Waals surface area (Å²) < 4.78 is 6.21. The highest BCUT2D eigenvalue weighted by atomic mass is 32.1. The molecule has 3 aliphatic carbocycles. The largest absolute Gasteiger partial charge is 0.493 e. The Morgan fingerprint density at radius 3 is 2.79 bits per heavy atom. The highest BCUT2D eigenvalue weighted by Crippen LogP contribution is 2.50. The van der Waals surface area contributed by atoms with E-state index in [4.69, 9.17) is 4.74 Å². The van der Waals surface area contributed by atoms with E-state index < -0.39 is 0 Å². The van der Waals surface area contributed by atoms with Crippen LogP contribution in [0.5, 0.6) is 5.75 Å². The second-order valence-corrected chi connectivity index (χ2v) is 10.1. The number of aryl methyl sites for hydroxylation is 2. The van der Waals surface area contributed by atoms with Gasteiger partial charge in [0.25, 0.3) is 0 Å². The number of aliphatic hydroxyl groups excluding tert-OH is 2. The number of hydrogen-bond acceptors (Lipinski definition) is 5. The number of aromatic nitrogens is 1. The molecule has 0 saturated heterocycles. The first kappa shape index (κ1) is 19.5. The number of thiazole rings is 1. The Bertz CT molecular complexity index is 850. The van der Waals surface area contributed by atoms with Crippen molar-refractivity contribution in [3.8, 4) is 5.75 Å². The molecule has 1 heterocycles. The second kappa shape index (κ2) is 8.37. The van der Waals surface area contributed by atoms with Gasteiger partial charge in [-0.25, -0.2) is 4.98 Å². The van der Waals surface area contributed by atoms with E-state index in [9.17, 15) is 10.2 Å². The van der Waals surface area contributed by atoms with E-state index in [2.05, 4.69) is 23.2 Å². The Labute approximate surface area is 177 Å². The van der Waals surface area contributed by atoms with Gasteiger partial charge >= 0.3 is 0 Å². The maximum Gasteiger partial charge on any atom is 0.119 e. The number of rotatable bonds is 5. The van der Waals surface area contributed by atoms with Crippen LogP contribution in [0.15, 0.2) is 23.6 Å². The minimum Gasteiger partial charge on any atom is -0.493 e. The summed E-state index contributed by atoms with van der Waals surface area (Å²) in [5.41, 5.74) is 3.72. The van der Waals surface area contributed by atoms with Gasteiger partial charge in [0.15, 0.2) is 0 Å². The van der Waals surface area contributed by atoms with E-state index >= 15 is 0 Å². The maximum absolute atomic E-state index is 10.8. The zero-order valence-corrected chi connectivity index (χ0v) is 17.7. The number of benzene rings is 1. The van der Waals surface area contributed by atoms with Gasteiger partial charge in [-0.2, -0.15) is 0 Å². The Kier molecular flexibility index (Phi) is 5.63. The minimum atomic E-state index is -0.259. The van der Waals surface area contributed by atoms with E-state index in [0.717, 1.165) is 42.1 Å². The summed E-state index contributed by atoms with van der Waals surface area (Å²) in [6.45, 7) is 0.647. The summed E-state index contributed by atoms with van der Waals surface area (Å²) in [6, 6.07) is 6.57. The molecule has 29 heavy (non-hydrogen) atoms. The van der Waals surface area contributed by atoms with Crippen molar-refractivity contribution in [2.45, 2.75) is 70.0 Å². The Hall–Kier alpha value is -1.43. The smallest absolute Gasteiger partial charge is 0.119 e. The average molecular weight is 414 g/mol. The number of nitrogens with zero attached hydrogens (tertiary/aromatic N) is 1. The summed E-state index contributed by atoms with van der Waals surface area (Å²) in [7, 11) is 0. The second-order valence-electron chi connectivity index (χ2n) is 9.18. The molecule has 0 aliphatic heterocycles. The minimum absolute atomic E-state index is 0.0239. The third-order valence-corrected chi connectivity index (χ3v) is 8.53. The summed E-state index contributed by atoms with van der Waals surface area (Å²) in [6.07, 6.45) is 8.94. The number of ether oxygens (including phenoxy) is 1. The topological polar surface area (TPSA) is 62.6 Å². The van der Waals surface area contributed by atoms with Crippen molar-refractivity contribution in [1.82, 2.24) is 4.98 Å². The molecule has 5 rings (SSSR count). The van der Waals surface area contributed by atoms with Gasteiger partial charge in [-0.3, -0.25) is 0 Å². The molecule has 1 aromatic carbocycles. The first-order chi connectivity index (χ1) is 14.2. The summed E-state index contributed by atoms with van der Waals surface area (Å²) in [5, 5.41) is 23.2. The molecule has 3 aliphatic rings. The fourth-order valence-electron chi connectivity index (χ4n) is 5.93.